The van der Waals surface area contributed by atoms with Crippen LogP contribution in [0.4, 0.5) is 22.0 Å². The molecule has 40 heavy (non-hydrogen) atoms. The van der Waals surface area contributed by atoms with Gasteiger partial charge in [-0.1, -0.05) is 51.5 Å². The second-order valence-corrected chi connectivity index (χ2v) is 14.2. The largest absolute Gasteiger partial charge is 0.508 e. The summed E-state index contributed by atoms with van der Waals surface area (Å²) in [7, 11) is 0. The highest BCUT2D eigenvalue weighted by Crippen LogP contribution is 2.62. The van der Waals surface area contributed by atoms with Gasteiger partial charge in [0.05, 0.1) is 6.10 Å². The summed E-state index contributed by atoms with van der Waals surface area (Å²) in [5.74, 6) is -0.730. The second kappa shape index (κ2) is 13.5. The number of rotatable bonds is 14. The molecule has 0 radical (unpaired) electrons. The summed E-state index contributed by atoms with van der Waals surface area (Å²) < 4.78 is 62.4. The number of alkyl halides is 5. The van der Waals surface area contributed by atoms with E-state index in [1.807, 2.05) is 12.1 Å². The SMILES string of the molecule is C[C@]12CC[C@@H]3c4ccc(O)cc4CC(CCCCCCCCCSCCCC(F)(F)C(F)(F)F)[C@H]3[C@@H]1CCC2O. The molecule has 2 nitrogen and oxygen atoms in total. The van der Waals surface area contributed by atoms with Gasteiger partial charge in [-0.25, -0.2) is 0 Å². The first-order chi connectivity index (χ1) is 18.9. The number of halogens is 5. The lowest BCUT2D eigenvalue weighted by atomic mass is 9.52. The molecule has 1 aromatic carbocycles. The van der Waals surface area contributed by atoms with Crippen molar-refractivity contribution in [1.29, 1.82) is 0 Å². The molecule has 0 bridgehead atoms. The molecule has 0 spiro atoms. The van der Waals surface area contributed by atoms with E-state index < -0.39 is 18.5 Å². The van der Waals surface area contributed by atoms with Crippen LogP contribution in [0, 0.1) is 23.2 Å². The van der Waals surface area contributed by atoms with Gasteiger partial charge in [-0.15, -0.1) is 0 Å². The van der Waals surface area contributed by atoms with Crippen molar-refractivity contribution in [3.63, 3.8) is 0 Å². The van der Waals surface area contributed by atoms with E-state index in [1.54, 1.807) is 0 Å². The first-order valence-electron chi connectivity index (χ1n) is 15.5. The van der Waals surface area contributed by atoms with E-state index in [-0.39, 0.29) is 17.9 Å². The number of hydrogen-bond acceptors (Lipinski definition) is 3. The second-order valence-electron chi connectivity index (χ2n) is 13.0. The average Bonchev–Trinajstić information content (AvgIpc) is 3.19. The van der Waals surface area contributed by atoms with Gasteiger partial charge in [-0.05, 0) is 115 Å². The van der Waals surface area contributed by atoms with Gasteiger partial charge >= 0.3 is 12.1 Å². The summed E-state index contributed by atoms with van der Waals surface area (Å²) in [6.45, 7) is 2.32. The lowest BCUT2D eigenvalue weighted by Gasteiger charge is -2.53. The molecule has 0 aromatic heterocycles. The number of fused-ring (bicyclic) bond motifs is 5. The van der Waals surface area contributed by atoms with Crippen LogP contribution in [-0.2, 0) is 6.42 Å². The van der Waals surface area contributed by atoms with Gasteiger partial charge < -0.3 is 10.2 Å². The van der Waals surface area contributed by atoms with E-state index in [9.17, 15) is 32.2 Å². The molecule has 0 heterocycles. The normalized spacial score (nSPS) is 30.1. The molecule has 0 amide bonds. The van der Waals surface area contributed by atoms with Gasteiger partial charge in [-0.2, -0.15) is 33.7 Å². The Labute approximate surface area is 240 Å². The van der Waals surface area contributed by atoms with Crippen LogP contribution in [0.5, 0.6) is 5.75 Å². The number of aromatic hydroxyl groups is 1. The predicted molar refractivity (Wildman–Crippen MR) is 152 cm³/mol. The van der Waals surface area contributed by atoms with Gasteiger partial charge in [0.2, 0.25) is 0 Å². The molecule has 4 rings (SSSR count). The Morgan fingerprint density at radius 2 is 1.57 bits per heavy atom. The summed E-state index contributed by atoms with van der Waals surface area (Å²) in [5, 5.41) is 21.0. The Morgan fingerprint density at radius 1 is 0.900 bits per heavy atom. The molecule has 2 unspecified atom stereocenters. The third kappa shape index (κ3) is 7.30. The highest BCUT2D eigenvalue weighted by molar-refractivity contribution is 7.99. The van der Waals surface area contributed by atoms with Crippen molar-refractivity contribution >= 4 is 11.8 Å². The van der Waals surface area contributed by atoms with Crippen molar-refractivity contribution in [1.82, 2.24) is 0 Å². The van der Waals surface area contributed by atoms with Crippen LogP contribution in [-0.4, -0.2) is 39.9 Å². The van der Waals surface area contributed by atoms with Crippen molar-refractivity contribution in [3.05, 3.63) is 29.3 Å². The minimum atomic E-state index is -5.44. The van der Waals surface area contributed by atoms with Crippen molar-refractivity contribution in [2.75, 3.05) is 11.5 Å². The van der Waals surface area contributed by atoms with E-state index in [4.69, 9.17) is 0 Å². The lowest BCUT2D eigenvalue weighted by molar-refractivity contribution is -0.284. The lowest BCUT2D eigenvalue weighted by Crippen LogP contribution is -2.47. The smallest absolute Gasteiger partial charge is 0.453 e. The standard InChI is InChI=1S/C32H47F5O2S/c1-30-17-15-26-25-12-11-24(38)21-23(25)20-22(29(26)27(30)13-14-28(30)39)10-7-5-3-2-4-6-8-18-40-19-9-16-31(33,34)32(35,36)37/h11-12,21-22,26-29,38-39H,2-10,13-20H2,1H3/t22?,26-,27+,28?,29-,30+/m1/s1. The summed E-state index contributed by atoms with van der Waals surface area (Å²) in [6.07, 6.45) is 7.56. The number of phenols is 1. The Kier molecular flexibility index (Phi) is 10.8. The fourth-order valence-corrected chi connectivity index (χ4v) is 9.13. The zero-order valence-corrected chi connectivity index (χ0v) is 24.6. The quantitative estimate of drug-likeness (QED) is 0.167. The molecule has 1 aromatic rings. The maximum Gasteiger partial charge on any atom is 0.453 e. The minimum Gasteiger partial charge on any atom is -0.508 e. The molecule has 2 N–H and O–H groups in total. The van der Waals surface area contributed by atoms with Crippen LogP contribution >= 0.6 is 11.8 Å². The molecule has 0 aliphatic heterocycles. The van der Waals surface area contributed by atoms with E-state index in [1.165, 1.54) is 55.0 Å². The van der Waals surface area contributed by atoms with E-state index in [0.29, 0.717) is 35.2 Å². The van der Waals surface area contributed by atoms with Crippen LogP contribution in [0.3, 0.4) is 0 Å². The number of thioether (sulfide) groups is 1. The molecule has 0 saturated heterocycles. The van der Waals surface area contributed by atoms with Gasteiger partial charge in [0.15, 0.2) is 0 Å². The van der Waals surface area contributed by atoms with E-state index >= 15 is 0 Å². The number of benzene rings is 1. The van der Waals surface area contributed by atoms with Crippen LogP contribution in [0.1, 0.15) is 114 Å². The van der Waals surface area contributed by atoms with Gasteiger partial charge in [-0.3, -0.25) is 0 Å². The highest BCUT2D eigenvalue weighted by Gasteiger charge is 2.57. The molecule has 2 fully saturated rings. The summed E-state index contributed by atoms with van der Waals surface area (Å²) in [5.41, 5.74) is 2.79. The maximum absolute atomic E-state index is 12.9. The molecule has 3 aliphatic rings. The molecule has 3 aliphatic carbocycles. The minimum absolute atomic E-state index is 0.0419. The predicted octanol–water partition coefficient (Wildman–Crippen LogP) is 9.67. The van der Waals surface area contributed by atoms with E-state index in [2.05, 4.69) is 13.0 Å². The number of hydrogen-bond donors (Lipinski definition) is 2. The number of aliphatic hydroxyl groups is 1. The fraction of sp³-hybridized carbons (Fsp3) is 0.812. The zero-order chi connectivity index (χ0) is 29.0. The van der Waals surface area contributed by atoms with Crippen LogP contribution in [0.25, 0.3) is 0 Å². The Morgan fingerprint density at radius 3 is 2.30 bits per heavy atom. The third-order valence-electron chi connectivity index (χ3n) is 10.4. The highest BCUT2D eigenvalue weighted by atomic mass is 32.2. The molecule has 228 valence electrons. The molecular formula is C32H47F5O2S. The van der Waals surface area contributed by atoms with Gasteiger partial charge in [0.1, 0.15) is 5.75 Å². The zero-order valence-electron chi connectivity index (χ0n) is 23.8. The van der Waals surface area contributed by atoms with Crippen LogP contribution in [0.15, 0.2) is 18.2 Å². The Bertz CT molecular complexity index is 954. The monoisotopic (exact) mass is 590 g/mol. The summed E-state index contributed by atoms with van der Waals surface area (Å²) in [6, 6.07) is 5.97. The summed E-state index contributed by atoms with van der Waals surface area (Å²) in [4.78, 5) is 0. The van der Waals surface area contributed by atoms with Gasteiger partial charge in [0, 0.05) is 6.42 Å². The molecule has 8 heteroatoms. The molecule has 6 atom stereocenters. The van der Waals surface area contributed by atoms with Crippen molar-refractivity contribution in [3.8, 4) is 5.75 Å². The van der Waals surface area contributed by atoms with E-state index in [0.717, 1.165) is 57.1 Å². The molecular weight excluding hydrogens is 543 g/mol. The number of phenolic OH excluding ortho intramolecular Hbond substituents is 1. The van der Waals surface area contributed by atoms with Gasteiger partial charge in [0.25, 0.3) is 0 Å². The van der Waals surface area contributed by atoms with Crippen LogP contribution in [0.2, 0.25) is 0 Å². The first kappa shape index (κ1) is 31.9. The fourth-order valence-electron chi connectivity index (χ4n) is 8.17. The summed E-state index contributed by atoms with van der Waals surface area (Å²) >= 11 is 1.47. The Hall–Kier alpha value is -1.02. The maximum atomic E-state index is 12.9. The van der Waals surface area contributed by atoms with Crippen molar-refractivity contribution < 1.29 is 32.2 Å². The third-order valence-corrected chi connectivity index (χ3v) is 11.5. The first-order valence-corrected chi connectivity index (χ1v) is 16.6. The average molecular weight is 591 g/mol. The van der Waals surface area contributed by atoms with Crippen molar-refractivity contribution in [2.45, 2.75) is 127 Å². The topological polar surface area (TPSA) is 40.5 Å². The van der Waals surface area contributed by atoms with Crippen molar-refractivity contribution in [2.24, 2.45) is 23.2 Å². The molecule has 2 saturated carbocycles. The number of unbranched alkanes of at least 4 members (excludes halogenated alkanes) is 6. The Balaban J connectivity index is 1.13. The van der Waals surface area contributed by atoms with Crippen LogP contribution < -0.4 is 0 Å². The number of aliphatic hydroxyl groups excluding tert-OH is 1.